The van der Waals surface area contributed by atoms with Gasteiger partial charge in [-0.15, -0.1) is 0 Å². The first kappa shape index (κ1) is 14.6. The number of methoxy groups -OCH3 is 1. The van der Waals surface area contributed by atoms with E-state index >= 15 is 0 Å². The van der Waals surface area contributed by atoms with E-state index in [-0.39, 0.29) is 30.2 Å². The molecule has 2 unspecified atom stereocenters. The van der Waals surface area contributed by atoms with Gasteiger partial charge in [0.05, 0.1) is 13.5 Å². The molecule has 18 heavy (non-hydrogen) atoms. The number of rotatable bonds is 5. The number of nitrogens with two attached hydrogens (primary N) is 1. The molecule has 2 atom stereocenters. The Balaban J connectivity index is 3.08. The summed E-state index contributed by atoms with van der Waals surface area (Å²) in [5, 5.41) is 0. The number of aryl methyl sites for hydroxylation is 1. The van der Waals surface area contributed by atoms with Crippen LogP contribution in [0, 0.1) is 12.7 Å². The van der Waals surface area contributed by atoms with Gasteiger partial charge in [0.25, 0.3) is 0 Å². The molecule has 2 N–H and O–H groups in total. The average molecular weight is 253 g/mol. The first-order chi connectivity index (χ1) is 8.49. The lowest BCUT2D eigenvalue weighted by atomic mass is 9.86. The molecule has 4 heteroatoms. The van der Waals surface area contributed by atoms with E-state index in [1.807, 2.05) is 13.8 Å². The SMILES string of the molecule is CCC(N)C(CC(=O)OC)c1cc(C)ccc1F. The average Bonchev–Trinajstić information content (AvgIpc) is 2.37. The highest BCUT2D eigenvalue weighted by molar-refractivity contribution is 5.70. The fraction of sp³-hybridized carbons (Fsp3) is 0.500. The molecule has 0 heterocycles. The summed E-state index contributed by atoms with van der Waals surface area (Å²) in [6.45, 7) is 3.80. The Morgan fingerprint density at radius 2 is 2.17 bits per heavy atom. The van der Waals surface area contributed by atoms with Gasteiger partial charge in [0.1, 0.15) is 5.82 Å². The van der Waals surface area contributed by atoms with Gasteiger partial charge >= 0.3 is 5.97 Å². The fourth-order valence-electron chi connectivity index (χ4n) is 1.99. The molecule has 0 bridgehead atoms. The third kappa shape index (κ3) is 3.53. The molecule has 1 aromatic carbocycles. The van der Waals surface area contributed by atoms with Crippen LogP contribution in [0.1, 0.15) is 36.8 Å². The van der Waals surface area contributed by atoms with Crippen LogP contribution in [0.3, 0.4) is 0 Å². The Labute approximate surface area is 107 Å². The molecule has 0 aromatic heterocycles. The van der Waals surface area contributed by atoms with Gasteiger partial charge < -0.3 is 10.5 Å². The second-order valence-corrected chi connectivity index (χ2v) is 4.48. The van der Waals surface area contributed by atoms with E-state index in [1.165, 1.54) is 13.2 Å². The maximum absolute atomic E-state index is 13.9. The molecule has 0 saturated heterocycles. The van der Waals surface area contributed by atoms with E-state index in [4.69, 9.17) is 5.73 Å². The Bertz CT molecular complexity index is 420. The van der Waals surface area contributed by atoms with Gasteiger partial charge in [0, 0.05) is 12.0 Å². The van der Waals surface area contributed by atoms with Gasteiger partial charge in [0.2, 0.25) is 0 Å². The van der Waals surface area contributed by atoms with Crippen LogP contribution in [0.5, 0.6) is 0 Å². The van der Waals surface area contributed by atoms with Crippen molar-refractivity contribution in [2.24, 2.45) is 5.73 Å². The van der Waals surface area contributed by atoms with Crippen LogP contribution >= 0.6 is 0 Å². The van der Waals surface area contributed by atoms with E-state index in [0.717, 1.165) is 5.56 Å². The van der Waals surface area contributed by atoms with Crippen molar-refractivity contribution in [2.75, 3.05) is 7.11 Å². The van der Waals surface area contributed by atoms with Crippen LogP contribution in [-0.2, 0) is 9.53 Å². The normalized spacial score (nSPS) is 14.1. The maximum Gasteiger partial charge on any atom is 0.306 e. The molecule has 100 valence electrons. The second-order valence-electron chi connectivity index (χ2n) is 4.48. The van der Waals surface area contributed by atoms with E-state index in [0.29, 0.717) is 12.0 Å². The van der Waals surface area contributed by atoms with Gasteiger partial charge in [-0.1, -0.05) is 24.6 Å². The number of ether oxygens (including phenoxy) is 1. The number of benzene rings is 1. The number of hydrogen-bond acceptors (Lipinski definition) is 3. The molecule has 0 fully saturated rings. The van der Waals surface area contributed by atoms with E-state index < -0.39 is 0 Å². The Hall–Kier alpha value is -1.42. The first-order valence-corrected chi connectivity index (χ1v) is 6.08. The first-order valence-electron chi connectivity index (χ1n) is 6.08. The summed E-state index contributed by atoms with van der Waals surface area (Å²) in [7, 11) is 1.32. The molecular weight excluding hydrogens is 233 g/mol. The Morgan fingerprint density at radius 1 is 1.50 bits per heavy atom. The summed E-state index contributed by atoms with van der Waals surface area (Å²) in [6.07, 6.45) is 0.779. The molecule has 0 saturated carbocycles. The summed E-state index contributed by atoms with van der Waals surface area (Å²) in [5.41, 5.74) is 7.44. The lowest BCUT2D eigenvalue weighted by Gasteiger charge is -2.23. The zero-order valence-electron chi connectivity index (χ0n) is 11.1. The third-order valence-electron chi connectivity index (χ3n) is 3.15. The summed E-state index contributed by atoms with van der Waals surface area (Å²) in [6, 6.07) is 4.60. The van der Waals surface area contributed by atoms with Crippen LogP contribution < -0.4 is 5.73 Å². The lowest BCUT2D eigenvalue weighted by Crippen LogP contribution is -2.30. The predicted octanol–water partition coefficient (Wildman–Crippen LogP) is 2.52. The molecule has 0 amide bonds. The highest BCUT2D eigenvalue weighted by atomic mass is 19.1. The summed E-state index contributed by atoms with van der Waals surface area (Å²) in [4.78, 5) is 11.4. The van der Waals surface area contributed by atoms with E-state index in [9.17, 15) is 9.18 Å². The van der Waals surface area contributed by atoms with Gasteiger partial charge in [-0.25, -0.2) is 4.39 Å². The standard InChI is InChI=1S/C14H20FNO2/c1-4-13(16)11(8-14(17)18-3)10-7-9(2)5-6-12(10)15/h5-7,11,13H,4,8,16H2,1-3H3. The number of halogens is 1. The van der Waals surface area contributed by atoms with Crippen molar-refractivity contribution in [3.8, 4) is 0 Å². The van der Waals surface area contributed by atoms with Gasteiger partial charge in [-0.05, 0) is 25.0 Å². The topological polar surface area (TPSA) is 52.3 Å². The summed E-state index contributed by atoms with van der Waals surface area (Å²) < 4.78 is 18.5. The molecule has 1 rings (SSSR count). The van der Waals surface area contributed by atoms with Crippen molar-refractivity contribution in [3.05, 3.63) is 35.1 Å². The van der Waals surface area contributed by atoms with Crippen LogP contribution in [0.2, 0.25) is 0 Å². The molecule has 0 aliphatic carbocycles. The smallest absolute Gasteiger partial charge is 0.306 e. The molecule has 0 aliphatic rings. The van der Waals surface area contributed by atoms with E-state index in [1.54, 1.807) is 12.1 Å². The predicted molar refractivity (Wildman–Crippen MR) is 68.8 cm³/mol. The number of hydrogen-bond donors (Lipinski definition) is 1. The van der Waals surface area contributed by atoms with Crippen molar-refractivity contribution < 1.29 is 13.9 Å². The Morgan fingerprint density at radius 3 is 2.72 bits per heavy atom. The van der Waals surface area contributed by atoms with Crippen molar-refractivity contribution in [2.45, 2.75) is 38.6 Å². The highest BCUT2D eigenvalue weighted by Crippen LogP contribution is 2.27. The van der Waals surface area contributed by atoms with E-state index in [2.05, 4.69) is 4.74 Å². The molecule has 0 radical (unpaired) electrons. The van der Waals surface area contributed by atoms with Gasteiger partial charge in [-0.2, -0.15) is 0 Å². The number of esters is 1. The van der Waals surface area contributed by atoms with Crippen molar-refractivity contribution in [3.63, 3.8) is 0 Å². The quantitative estimate of drug-likeness (QED) is 0.820. The van der Waals surface area contributed by atoms with Crippen molar-refractivity contribution >= 4 is 5.97 Å². The van der Waals surface area contributed by atoms with Crippen LogP contribution in [0.4, 0.5) is 4.39 Å². The summed E-state index contributed by atoms with van der Waals surface area (Å²) >= 11 is 0. The minimum absolute atomic E-state index is 0.103. The minimum atomic E-state index is -0.371. The largest absolute Gasteiger partial charge is 0.469 e. The third-order valence-corrected chi connectivity index (χ3v) is 3.15. The summed E-state index contributed by atoms with van der Waals surface area (Å²) in [5.74, 6) is -1.04. The number of carbonyl (C=O) groups is 1. The highest BCUT2D eigenvalue weighted by Gasteiger charge is 2.25. The maximum atomic E-state index is 13.9. The van der Waals surface area contributed by atoms with Crippen LogP contribution in [0.25, 0.3) is 0 Å². The monoisotopic (exact) mass is 253 g/mol. The Kier molecular flexibility index (Phi) is 5.28. The molecule has 0 spiro atoms. The van der Waals surface area contributed by atoms with Gasteiger partial charge in [0.15, 0.2) is 0 Å². The van der Waals surface area contributed by atoms with Crippen LogP contribution in [0.15, 0.2) is 18.2 Å². The fourth-order valence-corrected chi connectivity index (χ4v) is 1.99. The van der Waals surface area contributed by atoms with Crippen LogP contribution in [-0.4, -0.2) is 19.1 Å². The van der Waals surface area contributed by atoms with Crippen molar-refractivity contribution in [1.29, 1.82) is 0 Å². The molecule has 3 nitrogen and oxygen atoms in total. The zero-order chi connectivity index (χ0) is 13.7. The second kappa shape index (κ2) is 6.50. The number of carbonyl (C=O) groups excluding carboxylic acids is 1. The van der Waals surface area contributed by atoms with Gasteiger partial charge in [-0.3, -0.25) is 4.79 Å². The lowest BCUT2D eigenvalue weighted by molar-refractivity contribution is -0.141. The molecular formula is C14H20FNO2. The molecule has 0 aliphatic heterocycles. The van der Waals surface area contributed by atoms with Crippen molar-refractivity contribution in [1.82, 2.24) is 0 Å². The molecule has 1 aromatic rings. The minimum Gasteiger partial charge on any atom is -0.469 e. The zero-order valence-corrected chi connectivity index (χ0v) is 11.1.